The standard InChI is InChI=1S/C14H8O2/c15-12-7-6-10-11(8-13(16)14(10)12)9-4-2-1-3-5-9/h1-8H. The normalized spacial score (nSPS) is 11.0. The van der Waals surface area contributed by atoms with Crippen molar-refractivity contribution in [2.45, 2.75) is 0 Å². The molecule has 0 bridgehead atoms. The van der Waals surface area contributed by atoms with E-state index in [-0.39, 0.29) is 10.9 Å². The lowest BCUT2D eigenvalue weighted by molar-refractivity contribution is 1.53. The van der Waals surface area contributed by atoms with Crippen LogP contribution in [0, 0.1) is 10.4 Å². The molecule has 76 valence electrons. The Morgan fingerprint density at radius 1 is 0.750 bits per heavy atom. The molecule has 0 radical (unpaired) electrons. The van der Waals surface area contributed by atoms with Gasteiger partial charge in [-0.15, -0.1) is 0 Å². The quantitative estimate of drug-likeness (QED) is 0.609. The summed E-state index contributed by atoms with van der Waals surface area (Å²) in [5, 5.41) is 1.08. The smallest absolute Gasteiger partial charge is 0.191 e. The van der Waals surface area contributed by atoms with Crippen LogP contribution < -0.4 is 10.9 Å². The van der Waals surface area contributed by atoms with Crippen LogP contribution in [0.2, 0.25) is 0 Å². The van der Waals surface area contributed by atoms with Gasteiger partial charge in [0, 0.05) is 0 Å². The molecule has 0 aromatic heterocycles. The van der Waals surface area contributed by atoms with Crippen LogP contribution in [-0.2, 0) is 0 Å². The lowest BCUT2D eigenvalue weighted by atomic mass is 10.1. The highest BCUT2D eigenvalue weighted by Gasteiger charge is 2.09. The fourth-order valence-corrected chi connectivity index (χ4v) is 2.07. The second kappa shape index (κ2) is 3.14. The van der Waals surface area contributed by atoms with Crippen molar-refractivity contribution in [2.75, 3.05) is 0 Å². The third-order valence-electron chi connectivity index (χ3n) is 2.81. The second-order valence-corrected chi connectivity index (χ2v) is 3.77. The van der Waals surface area contributed by atoms with E-state index in [0.717, 1.165) is 16.3 Å². The van der Waals surface area contributed by atoms with Gasteiger partial charge in [-0.1, -0.05) is 30.3 Å². The highest BCUT2D eigenvalue weighted by molar-refractivity contribution is 5.65. The molecule has 0 spiro atoms. The average Bonchev–Trinajstić information content (AvgIpc) is 2.83. The molecule has 0 saturated carbocycles. The third-order valence-corrected chi connectivity index (χ3v) is 2.81. The first kappa shape index (κ1) is 9.04. The Morgan fingerprint density at radius 2 is 1.50 bits per heavy atom. The predicted molar refractivity (Wildman–Crippen MR) is 62.1 cm³/mol. The van der Waals surface area contributed by atoms with E-state index < -0.39 is 0 Å². The second-order valence-electron chi connectivity index (χ2n) is 3.77. The van der Waals surface area contributed by atoms with E-state index in [0.29, 0.717) is 5.22 Å². The Hall–Kier alpha value is -2.22. The van der Waals surface area contributed by atoms with Gasteiger partial charge in [-0.25, -0.2) is 0 Å². The lowest BCUT2D eigenvalue weighted by Gasteiger charge is -1.95. The zero-order valence-corrected chi connectivity index (χ0v) is 8.44. The van der Waals surface area contributed by atoms with E-state index >= 15 is 0 Å². The van der Waals surface area contributed by atoms with Crippen molar-refractivity contribution < 1.29 is 0 Å². The van der Waals surface area contributed by atoms with Gasteiger partial charge in [0.25, 0.3) is 0 Å². The van der Waals surface area contributed by atoms with E-state index in [9.17, 15) is 9.59 Å². The summed E-state index contributed by atoms with van der Waals surface area (Å²) in [6.07, 6.45) is 0. The number of hydrogen-bond donors (Lipinski definition) is 0. The van der Waals surface area contributed by atoms with Crippen LogP contribution in [-0.4, -0.2) is 0 Å². The van der Waals surface area contributed by atoms with Crippen molar-refractivity contribution in [1.82, 2.24) is 0 Å². The van der Waals surface area contributed by atoms with Crippen molar-refractivity contribution in [3.8, 4) is 11.1 Å². The first-order valence-electron chi connectivity index (χ1n) is 5.06. The number of benzene rings is 1. The minimum absolute atomic E-state index is 0.177. The summed E-state index contributed by atoms with van der Waals surface area (Å²) >= 11 is 0. The van der Waals surface area contributed by atoms with E-state index in [1.807, 2.05) is 30.3 Å². The Morgan fingerprint density at radius 3 is 2.25 bits per heavy atom. The van der Waals surface area contributed by atoms with Gasteiger partial charge in [0.1, 0.15) is 0 Å². The molecule has 16 heavy (non-hydrogen) atoms. The molecule has 2 aliphatic rings. The lowest BCUT2D eigenvalue weighted by Crippen LogP contribution is -2.05. The maximum absolute atomic E-state index is 11.7. The summed E-state index contributed by atoms with van der Waals surface area (Å²) in [7, 11) is 0. The first-order valence-corrected chi connectivity index (χ1v) is 5.06. The van der Waals surface area contributed by atoms with Gasteiger partial charge in [0.2, 0.25) is 0 Å². The van der Waals surface area contributed by atoms with Gasteiger partial charge in [-0.05, 0) is 34.5 Å². The SMILES string of the molecule is O=c1ccc2c(-c3ccccc3)cc(=O)c1=2. The fourth-order valence-electron chi connectivity index (χ4n) is 2.07. The van der Waals surface area contributed by atoms with Gasteiger partial charge >= 0.3 is 0 Å². The van der Waals surface area contributed by atoms with Crippen molar-refractivity contribution in [2.24, 2.45) is 0 Å². The summed E-state index contributed by atoms with van der Waals surface area (Å²) in [4.78, 5) is 23.1. The zero-order valence-electron chi connectivity index (χ0n) is 8.44. The third kappa shape index (κ3) is 1.13. The maximum atomic E-state index is 11.7. The maximum Gasteiger partial charge on any atom is 0.191 e. The van der Waals surface area contributed by atoms with Gasteiger partial charge in [-0.2, -0.15) is 0 Å². The molecule has 3 rings (SSSR count). The Balaban J connectivity index is 2.47. The summed E-state index contributed by atoms with van der Waals surface area (Å²) in [5.41, 5.74) is 1.47. The molecule has 2 nitrogen and oxygen atoms in total. The molecular formula is C14H8O2. The predicted octanol–water partition coefficient (Wildman–Crippen LogP) is 1.67. The molecule has 0 aliphatic heterocycles. The van der Waals surface area contributed by atoms with E-state index in [1.165, 1.54) is 6.07 Å². The minimum atomic E-state index is -0.179. The Kier molecular flexibility index (Phi) is 1.77. The van der Waals surface area contributed by atoms with Crippen LogP contribution in [0.15, 0.2) is 58.1 Å². The van der Waals surface area contributed by atoms with E-state index in [4.69, 9.17) is 0 Å². The first-order chi connectivity index (χ1) is 7.77. The Bertz CT molecular complexity index is 778. The van der Waals surface area contributed by atoms with Crippen LogP contribution in [0.4, 0.5) is 0 Å². The van der Waals surface area contributed by atoms with Crippen molar-refractivity contribution >= 4 is 0 Å². The van der Waals surface area contributed by atoms with Gasteiger partial charge in [0.15, 0.2) is 10.9 Å². The Labute approximate surface area is 91.1 Å². The fraction of sp³-hybridized carbons (Fsp3) is 0. The molecule has 2 heteroatoms. The zero-order chi connectivity index (χ0) is 11.1. The molecule has 0 amide bonds. The molecule has 0 N–H and O–H groups in total. The summed E-state index contributed by atoms with van der Waals surface area (Å²) in [6.45, 7) is 0. The number of hydrogen-bond acceptors (Lipinski definition) is 2. The highest BCUT2D eigenvalue weighted by Crippen LogP contribution is 2.19. The van der Waals surface area contributed by atoms with Crippen molar-refractivity contribution in [1.29, 1.82) is 0 Å². The largest absolute Gasteiger partial charge is 0.289 e. The van der Waals surface area contributed by atoms with E-state index in [2.05, 4.69) is 0 Å². The molecule has 1 aromatic carbocycles. The molecule has 0 atom stereocenters. The molecule has 2 aliphatic carbocycles. The number of rotatable bonds is 1. The van der Waals surface area contributed by atoms with E-state index in [1.54, 1.807) is 12.1 Å². The summed E-state index contributed by atoms with van der Waals surface area (Å²) < 4.78 is 0. The molecule has 0 unspecified atom stereocenters. The monoisotopic (exact) mass is 208 g/mol. The highest BCUT2D eigenvalue weighted by atomic mass is 16.1. The molecule has 1 aromatic rings. The summed E-state index contributed by atoms with van der Waals surface area (Å²) in [5.74, 6) is 0. The van der Waals surface area contributed by atoms with Crippen molar-refractivity contribution in [3.05, 3.63) is 79.4 Å². The topological polar surface area (TPSA) is 34.1 Å². The molecule has 0 heterocycles. The van der Waals surface area contributed by atoms with Crippen LogP contribution >= 0.6 is 0 Å². The average molecular weight is 208 g/mol. The molecule has 0 saturated heterocycles. The molecular weight excluding hydrogens is 200 g/mol. The van der Waals surface area contributed by atoms with Crippen LogP contribution in [0.3, 0.4) is 0 Å². The van der Waals surface area contributed by atoms with Gasteiger partial charge < -0.3 is 0 Å². The van der Waals surface area contributed by atoms with Gasteiger partial charge in [0.05, 0.1) is 5.22 Å². The minimum Gasteiger partial charge on any atom is -0.289 e. The van der Waals surface area contributed by atoms with Gasteiger partial charge in [-0.3, -0.25) is 9.59 Å². The van der Waals surface area contributed by atoms with Crippen LogP contribution in [0.5, 0.6) is 0 Å². The van der Waals surface area contributed by atoms with Crippen LogP contribution in [0.25, 0.3) is 11.1 Å². The molecule has 0 fully saturated rings. The van der Waals surface area contributed by atoms with Crippen molar-refractivity contribution in [3.63, 3.8) is 0 Å². The van der Waals surface area contributed by atoms with Crippen LogP contribution in [0.1, 0.15) is 0 Å². The summed E-state index contributed by atoms with van der Waals surface area (Å²) in [6, 6.07) is 14.4.